The van der Waals surface area contributed by atoms with Gasteiger partial charge in [0.1, 0.15) is 5.78 Å². The molecule has 13 nitrogen and oxygen atoms in total. The summed E-state index contributed by atoms with van der Waals surface area (Å²) in [5, 5.41) is 32.9. The van der Waals surface area contributed by atoms with E-state index in [0.717, 1.165) is 18.6 Å². The molecule has 1 aromatic carbocycles. The van der Waals surface area contributed by atoms with Crippen LogP contribution in [0.3, 0.4) is 0 Å². The summed E-state index contributed by atoms with van der Waals surface area (Å²) in [6.45, 7) is 18.8. The number of carbonyl (C=O) groups is 2. The summed E-state index contributed by atoms with van der Waals surface area (Å²) in [4.78, 5) is 26.3. The van der Waals surface area contributed by atoms with Crippen LogP contribution in [0.4, 0.5) is 13.2 Å². The largest absolute Gasteiger partial charge is 0.481 e. The van der Waals surface area contributed by atoms with Crippen molar-refractivity contribution in [2.45, 2.75) is 210 Å². The zero-order chi connectivity index (χ0) is 48.9. The number of hydrogen-bond donors (Lipinski definition) is 4. The SMILES string of the molecule is CC[C@@H](C(=O)[C@@H](C)[C@@H](O)[C@H](C)[C@@H]1O[C@@H]([C@@H](CC)C(=O)O)CC[C@@H]1C)[C@H]1O[C@]2(C=C[C@@H](NS(=O)(=O)c3ccc(C(F)(F)F)cc3)[C@]3(CC[C@@](C)([C@H]4CC[C@](O)(CC)[C@H](C)O4)O3)O2)[C@H](C)C[C@@H]1C. The Hall–Kier alpha value is -2.48. The van der Waals surface area contributed by atoms with Crippen molar-refractivity contribution >= 4 is 21.8 Å². The van der Waals surface area contributed by atoms with E-state index in [2.05, 4.69) is 4.72 Å². The first-order valence-electron chi connectivity index (χ1n) is 24.1. The van der Waals surface area contributed by atoms with E-state index in [1.165, 1.54) is 0 Å². The third-order valence-electron chi connectivity index (χ3n) is 16.3. The first-order chi connectivity index (χ1) is 30.7. The summed E-state index contributed by atoms with van der Waals surface area (Å²) in [6, 6.07) is 2.04. The molecule has 5 aliphatic rings. The average Bonchev–Trinajstić information content (AvgIpc) is 3.61. The second kappa shape index (κ2) is 19.7. The normalized spacial score (nSPS) is 39.9. The maximum atomic E-state index is 14.7. The molecule has 0 bridgehead atoms. The zero-order valence-corrected chi connectivity index (χ0v) is 41.0. The molecule has 18 atom stereocenters. The van der Waals surface area contributed by atoms with E-state index in [1.54, 1.807) is 19.1 Å². The lowest BCUT2D eigenvalue weighted by Crippen LogP contribution is -2.65. The van der Waals surface area contributed by atoms with Gasteiger partial charge in [0.25, 0.3) is 0 Å². The third kappa shape index (κ3) is 10.2. The number of halogens is 3. The zero-order valence-electron chi connectivity index (χ0n) is 40.2. The number of sulfonamides is 1. The molecule has 0 saturated carbocycles. The quantitative estimate of drug-likeness (QED) is 0.124. The van der Waals surface area contributed by atoms with Gasteiger partial charge >= 0.3 is 12.1 Å². The van der Waals surface area contributed by atoms with Crippen molar-refractivity contribution < 1.29 is 70.2 Å². The molecule has 4 fully saturated rings. The molecule has 6 rings (SSSR count). The summed E-state index contributed by atoms with van der Waals surface area (Å²) in [5.74, 6) is -7.52. The van der Waals surface area contributed by atoms with Gasteiger partial charge < -0.3 is 39.0 Å². The van der Waals surface area contributed by atoms with Gasteiger partial charge in [-0.05, 0) is 114 Å². The van der Waals surface area contributed by atoms with Crippen molar-refractivity contribution in [2.24, 2.45) is 41.4 Å². The van der Waals surface area contributed by atoms with Crippen LogP contribution in [-0.4, -0.2) is 101 Å². The maximum absolute atomic E-state index is 14.7. The highest BCUT2D eigenvalue weighted by atomic mass is 32.2. The maximum Gasteiger partial charge on any atom is 0.416 e. The van der Waals surface area contributed by atoms with E-state index in [-0.39, 0.29) is 34.9 Å². The number of Topliss-reactive ketones (excluding diaryl/α,β-unsaturated/α-hetero) is 1. The van der Waals surface area contributed by atoms with E-state index >= 15 is 0 Å². The lowest BCUT2D eigenvalue weighted by atomic mass is 9.72. The Balaban J connectivity index is 1.29. The molecule has 17 heteroatoms. The number of nitrogens with one attached hydrogen (secondary N) is 1. The highest BCUT2D eigenvalue weighted by Gasteiger charge is 2.64. The first-order valence-corrected chi connectivity index (χ1v) is 25.6. The third-order valence-corrected chi connectivity index (χ3v) is 17.7. The Labute approximate surface area is 388 Å². The van der Waals surface area contributed by atoms with Crippen LogP contribution in [-0.2, 0) is 49.5 Å². The summed E-state index contributed by atoms with van der Waals surface area (Å²) in [5.41, 5.74) is -3.06. The minimum atomic E-state index is -4.67. The molecule has 0 amide bonds. The van der Waals surface area contributed by atoms with Crippen LogP contribution in [0.15, 0.2) is 41.3 Å². The first kappa shape index (κ1) is 52.9. The van der Waals surface area contributed by atoms with Crippen molar-refractivity contribution in [1.82, 2.24) is 4.72 Å². The van der Waals surface area contributed by atoms with Gasteiger partial charge in [0.2, 0.25) is 10.0 Å². The van der Waals surface area contributed by atoms with Crippen LogP contribution in [0.2, 0.25) is 0 Å². The van der Waals surface area contributed by atoms with Crippen LogP contribution >= 0.6 is 0 Å². The van der Waals surface area contributed by atoms with Gasteiger partial charge in [-0.15, -0.1) is 0 Å². The molecular weight excluding hydrogens is 884 g/mol. The fourth-order valence-electron chi connectivity index (χ4n) is 11.7. The van der Waals surface area contributed by atoms with E-state index < -0.39 is 117 Å². The summed E-state index contributed by atoms with van der Waals surface area (Å²) in [6.07, 6.45) is -0.658. The van der Waals surface area contributed by atoms with Gasteiger partial charge in [-0.2, -0.15) is 17.9 Å². The number of benzene rings is 1. The van der Waals surface area contributed by atoms with Crippen molar-refractivity contribution in [3.63, 3.8) is 0 Å². The van der Waals surface area contributed by atoms with Gasteiger partial charge in [0.15, 0.2) is 11.6 Å². The summed E-state index contributed by atoms with van der Waals surface area (Å²) in [7, 11) is -4.47. The van der Waals surface area contributed by atoms with Gasteiger partial charge in [-0.25, -0.2) is 8.42 Å². The number of carboxylic acid groups (broad SMARTS) is 1. The number of hydrogen-bond acceptors (Lipinski definition) is 11. The highest BCUT2D eigenvalue weighted by molar-refractivity contribution is 7.89. The Kier molecular flexibility index (Phi) is 15.8. The second-order valence-corrected chi connectivity index (χ2v) is 22.3. The number of aliphatic hydroxyl groups is 2. The molecule has 0 radical (unpaired) electrons. The summed E-state index contributed by atoms with van der Waals surface area (Å²) < 4.78 is 105. The molecule has 4 N–H and O–H groups in total. The van der Waals surface area contributed by atoms with Crippen molar-refractivity contribution in [1.29, 1.82) is 0 Å². The Morgan fingerprint density at radius 1 is 0.894 bits per heavy atom. The topological polar surface area (TPSA) is 187 Å². The Morgan fingerprint density at radius 2 is 1.55 bits per heavy atom. The van der Waals surface area contributed by atoms with Crippen LogP contribution in [0.5, 0.6) is 0 Å². The molecule has 5 heterocycles. The summed E-state index contributed by atoms with van der Waals surface area (Å²) >= 11 is 0. The van der Waals surface area contributed by atoms with Crippen LogP contribution in [0, 0.1) is 41.4 Å². The number of aliphatic hydroxyl groups excluding tert-OH is 1. The molecule has 66 heavy (non-hydrogen) atoms. The Bertz CT molecular complexity index is 2020. The van der Waals surface area contributed by atoms with E-state index in [4.69, 9.17) is 23.7 Å². The lowest BCUT2D eigenvalue weighted by molar-refractivity contribution is -0.397. The minimum Gasteiger partial charge on any atom is -0.481 e. The Morgan fingerprint density at radius 3 is 2.12 bits per heavy atom. The van der Waals surface area contributed by atoms with E-state index in [1.807, 2.05) is 62.3 Å². The van der Waals surface area contributed by atoms with Crippen LogP contribution in [0.25, 0.3) is 0 Å². The fraction of sp³-hybridized carbons (Fsp3) is 0.796. The second-order valence-electron chi connectivity index (χ2n) is 20.6. The molecule has 4 saturated heterocycles. The van der Waals surface area contributed by atoms with Crippen molar-refractivity contribution in [3.05, 3.63) is 42.0 Å². The smallest absolute Gasteiger partial charge is 0.416 e. The highest BCUT2D eigenvalue weighted by Crippen LogP contribution is 2.54. The number of aliphatic carboxylic acids is 1. The molecule has 0 unspecified atom stereocenters. The monoisotopic (exact) mass is 957 g/mol. The van der Waals surface area contributed by atoms with E-state index in [9.17, 15) is 46.5 Å². The van der Waals surface area contributed by atoms with Gasteiger partial charge in [-0.1, -0.05) is 61.5 Å². The molecule has 374 valence electrons. The predicted octanol–water partition coefficient (Wildman–Crippen LogP) is 8.19. The molecular formula is C49H74F3NO12S. The number of carboxylic acids is 1. The van der Waals surface area contributed by atoms with Crippen molar-refractivity contribution in [3.8, 4) is 0 Å². The fourth-order valence-corrected chi connectivity index (χ4v) is 12.9. The van der Waals surface area contributed by atoms with Crippen LogP contribution < -0.4 is 4.72 Å². The van der Waals surface area contributed by atoms with Gasteiger partial charge in [-0.3, -0.25) is 9.59 Å². The average molecular weight is 958 g/mol. The molecule has 0 aliphatic carbocycles. The van der Waals surface area contributed by atoms with Gasteiger partial charge in [0, 0.05) is 30.1 Å². The molecule has 1 aromatic rings. The predicted molar refractivity (Wildman–Crippen MR) is 238 cm³/mol. The van der Waals surface area contributed by atoms with Crippen molar-refractivity contribution in [2.75, 3.05) is 0 Å². The molecule has 0 aromatic heterocycles. The van der Waals surface area contributed by atoms with E-state index in [0.29, 0.717) is 63.5 Å². The number of ketones is 1. The van der Waals surface area contributed by atoms with Gasteiger partial charge in [0.05, 0.1) is 70.2 Å². The number of ether oxygens (including phenoxy) is 5. The number of carbonyl (C=O) groups excluding carboxylic acids is 1. The number of rotatable bonds is 15. The molecule has 2 spiro atoms. The standard InChI is InChI=1S/C49H74F3NO12S/c1-11-35(44(56)57)37-19-14-27(4)42(62-37)31(8)40(54)30(7)41(55)36(12-2)43-28(5)26-29(6)47(63-43)23-20-38(53-66(59,60)34-17-15-33(16-18-34)49(50,51)52)48(65-47)25-24-45(10,64-48)39-21-22-46(58,13-3)32(9)61-39/h15-18,20,23,27-32,35-40,42-43,53-54,58H,11-14,19,21-22,24-26H2,1-10H3,(H,56,57)/t27-,28-,29+,30-,31-,32-,35+,36-,37+,38+,39+,40+,42+,43-,45-,46+,47-,48-/m0/s1. The lowest BCUT2D eigenvalue weighted by Gasteiger charge is -2.55. The van der Waals surface area contributed by atoms with Crippen LogP contribution in [0.1, 0.15) is 139 Å². The number of alkyl halides is 3. The molecule has 5 aliphatic heterocycles. The minimum absolute atomic E-state index is 0.0302.